The molecule has 1 aromatic rings. The minimum absolute atomic E-state index is 0.171. The van der Waals surface area contributed by atoms with Crippen molar-refractivity contribution in [2.45, 2.75) is 19.8 Å². The van der Waals surface area contributed by atoms with E-state index in [-0.39, 0.29) is 11.5 Å². The minimum Gasteiger partial charge on any atom is -0.478 e. The van der Waals surface area contributed by atoms with Gasteiger partial charge in [-0.25, -0.2) is 4.79 Å². The standard InChI is InChI=1S/C10H11ClO2/c1-6(2)7-4-3-5-8(11)9(7)10(12)13/h3-6H,1-2H3,(H,12,13). The van der Waals surface area contributed by atoms with Crippen molar-refractivity contribution in [1.29, 1.82) is 0 Å². The monoisotopic (exact) mass is 198 g/mol. The molecule has 0 unspecified atom stereocenters. The molecule has 0 fully saturated rings. The van der Waals surface area contributed by atoms with E-state index in [2.05, 4.69) is 0 Å². The molecule has 0 aromatic heterocycles. The van der Waals surface area contributed by atoms with Crippen molar-refractivity contribution in [1.82, 2.24) is 0 Å². The molecular formula is C10H11ClO2. The predicted octanol–water partition coefficient (Wildman–Crippen LogP) is 3.16. The molecule has 0 saturated carbocycles. The van der Waals surface area contributed by atoms with E-state index in [1.807, 2.05) is 13.8 Å². The second-order valence-electron chi connectivity index (χ2n) is 3.16. The summed E-state index contributed by atoms with van der Waals surface area (Å²) < 4.78 is 0. The normalized spacial score (nSPS) is 10.5. The van der Waals surface area contributed by atoms with Crippen LogP contribution in [0, 0.1) is 0 Å². The molecule has 1 rings (SSSR count). The van der Waals surface area contributed by atoms with Gasteiger partial charge in [-0.2, -0.15) is 0 Å². The van der Waals surface area contributed by atoms with Gasteiger partial charge in [-0.3, -0.25) is 0 Å². The smallest absolute Gasteiger partial charge is 0.337 e. The maximum atomic E-state index is 10.9. The minimum atomic E-state index is -0.964. The molecule has 70 valence electrons. The lowest BCUT2D eigenvalue weighted by Gasteiger charge is -2.10. The average Bonchev–Trinajstić information content (AvgIpc) is 2.02. The van der Waals surface area contributed by atoms with Crippen LogP contribution in [0.15, 0.2) is 18.2 Å². The van der Waals surface area contributed by atoms with Gasteiger partial charge in [0.15, 0.2) is 0 Å². The second kappa shape index (κ2) is 3.79. The van der Waals surface area contributed by atoms with Crippen LogP contribution in [0.2, 0.25) is 5.02 Å². The van der Waals surface area contributed by atoms with Crippen molar-refractivity contribution in [3.05, 3.63) is 34.3 Å². The van der Waals surface area contributed by atoms with Crippen LogP contribution in [-0.4, -0.2) is 11.1 Å². The van der Waals surface area contributed by atoms with Crippen molar-refractivity contribution in [2.24, 2.45) is 0 Å². The summed E-state index contributed by atoms with van der Waals surface area (Å²) in [7, 11) is 0. The summed E-state index contributed by atoms with van der Waals surface area (Å²) in [5, 5.41) is 9.22. The molecule has 13 heavy (non-hydrogen) atoms. The van der Waals surface area contributed by atoms with E-state index in [0.29, 0.717) is 5.02 Å². The van der Waals surface area contributed by atoms with Gasteiger partial charge in [0, 0.05) is 0 Å². The van der Waals surface area contributed by atoms with Gasteiger partial charge in [0.25, 0.3) is 0 Å². The van der Waals surface area contributed by atoms with Crippen LogP contribution in [-0.2, 0) is 0 Å². The maximum Gasteiger partial charge on any atom is 0.337 e. The fourth-order valence-electron chi connectivity index (χ4n) is 1.25. The summed E-state index contributed by atoms with van der Waals surface area (Å²) in [5.74, 6) is -0.792. The summed E-state index contributed by atoms with van der Waals surface area (Å²) >= 11 is 5.79. The van der Waals surface area contributed by atoms with Crippen LogP contribution < -0.4 is 0 Å². The van der Waals surface area contributed by atoms with Gasteiger partial charge in [-0.05, 0) is 17.5 Å². The lowest BCUT2D eigenvalue weighted by Crippen LogP contribution is -2.04. The summed E-state index contributed by atoms with van der Waals surface area (Å²) in [4.78, 5) is 10.9. The summed E-state index contributed by atoms with van der Waals surface area (Å²) in [6.45, 7) is 3.89. The third-order valence-corrected chi connectivity index (χ3v) is 2.20. The number of benzene rings is 1. The Morgan fingerprint density at radius 3 is 2.46 bits per heavy atom. The van der Waals surface area contributed by atoms with E-state index in [0.717, 1.165) is 5.56 Å². The van der Waals surface area contributed by atoms with Crippen molar-refractivity contribution >= 4 is 17.6 Å². The molecule has 1 N–H and O–H groups in total. The van der Waals surface area contributed by atoms with Crippen molar-refractivity contribution in [3.63, 3.8) is 0 Å². The number of carboxylic acid groups (broad SMARTS) is 1. The van der Waals surface area contributed by atoms with E-state index in [9.17, 15) is 4.79 Å². The van der Waals surface area contributed by atoms with E-state index >= 15 is 0 Å². The van der Waals surface area contributed by atoms with Gasteiger partial charge in [0.05, 0.1) is 10.6 Å². The second-order valence-corrected chi connectivity index (χ2v) is 3.57. The lowest BCUT2D eigenvalue weighted by atomic mass is 9.97. The highest BCUT2D eigenvalue weighted by molar-refractivity contribution is 6.33. The summed E-state index contributed by atoms with van der Waals surface area (Å²) in [6.07, 6.45) is 0. The van der Waals surface area contributed by atoms with E-state index in [1.54, 1.807) is 18.2 Å². The zero-order valence-electron chi connectivity index (χ0n) is 7.54. The Bertz CT molecular complexity index is 332. The number of rotatable bonds is 2. The van der Waals surface area contributed by atoms with Gasteiger partial charge >= 0.3 is 5.97 Å². The van der Waals surface area contributed by atoms with Crippen LogP contribution in [0.3, 0.4) is 0 Å². The fourth-order valence-corrected chi connectivity index (χ4v) is 1.51. The number of carbonyl (C=O) groups is 1. The average molecular weight is 199 g/mol. The molecule has 0 spiro atoms. The van der Waals surface area contributed by atoms with Crippen LogP contribution >= 0.6 is 11.6 Å². The van der Waals surface area contributed by atoms with E-state index in [4.69, 9.17) is 16.7 Å². The zero-order chi connectivity index (χ0) is 10.0. The Morgan fingerprint density at radius 2 is 2.08 bits per heavy atom. The van der Waals surface area contributed by atoms with Gasteiger partial charge in [0.2, 0.25) is 0 Å². The lowest BCUT2D eigenvalue weighted by molar-refractivity contribution is 0.0695. The SMILES string of the molecule is CC(C)c1cccc(Cl)c1C(=O)O. The third kappa shape index (κ3) is 2.01. The van der Waals surface area contributed by atoms with Crippen LogP contribution in [0.25, 0.3) is 0 Å². The third-order valence-electron chi connectivity index (χ3n) is 1.88. The van der Waals surface area contributed by atoms with Crippen molar-refractivity contribution in [3.8, 4) is 0 Å². The zero-order valence-corrected chi connectivity index (χ0v) is 8.30. The first-order valence-corrected chi connectivity index (χ1v) is 4.43. The Morgan fingerprint density at radius 1 is 1.46 bits per heavy atom. The first-order valence-electron chi connectivity index (χ1n) is 4.05. The predicted molar refractivity (Wildman–Crippen MR) is 52.5 cm³/mol. The molecule has 0 atom stereocenters. The van der Waals surface area contributed by atoms with Gasteiger partial charge < -0.3 is 5.11 Å². The Kier molecular flexibility index (Phi) is 2.94. The van der Waals surface area contributed by atoms with Gasteiger partial charge in [-0.15, -0.1) is 0 Å². The molecule has 0 bridgehead atoms. The molecular weight excluding hydrogens is 188 g/mol. The van der Waals surface area contributed by atoms with E-state index in [1.165, 1.54) is 0 Å². The van der Waals surface area contributed by atoms with Gasteiger partial charge in [0.1, 0.15) is 0 Å². The van der Waals surface area contributed by atoms with Crippen LogP contribution in [0.1, 0.15) is 35.7 Å². The quantitative estimate of drug-likeness (QED) is 0.793. The number of carboxylic acids is 1. The molecule has 1 aromatic carbocycles. The van der Waals surface area contributed by atoms with Gasteiger partial charge in [-0.1, -0.05) is 37.6 Å². The number of hydrogen-bond acceptors (Lipinski definition) is 1. The first kappa shape index (κ1) is 10.1. The number of hydrogen-bond donors (Lipinski definition) is 1. The molecule has 0 radical (unpaired) electrons. The topological polar surface area (TPSA) is 37.3 Å². The maximum absolute atomic E-state index is 10.9. The molecule has 0 amide bonds. The largest absolute Gasteiger partial charge is 0.478 e. The van der Waals surface area contributed by atoms with Crippen molar-refractivity contribution in [2.75, 3.05) is 0 Å². The number of aromatic carboxylic acids is 1. The first-order chi connectivity index (χ1) is 6.04. The summed E-state index contributed by atoms with van der Waals surface area (Å²) in [6, 6.07) is 5.15. The molecule has 3 heteroatoms. The molecule has 0 aliphatic rings. The fraction of sp³-hybridized carbons (Fsp3) is 0.300. The van der Waals surface area contributed by atoms with Crippen LogP contribution in [0.5, 0.6) is 0 Å². The number of halogens is 1. The Labute approximate surface area is 82.2 Å². The van der Waals surface area contributed by atoms with Crippen LogP contribution in [0.4, 0.5) is 0 Å². The molecule has 0 aliphatic carbocycles. The highest BCUT2D eigenvalue weighted by atomic mass is 35.5. The Hall–Kier alpha value is -1.02. The molecule has 0 heterocycles. The Balaban J connectivity index is 3.34. The summed E-state index contributed by atoms with van der Waals surface area (Å²) in [5.41, 5.74) is 0.999. The molecule has 2 nitrogen and oxygen atoms in total. The molecule has 0 aliphatic heterocycles. The highest BCUT2D eigenvalue weighted by Gasteiger charge is 2.15. The highest BCUT2D eigenvalue weighted by Crippen LogP contribution is 2.25. The molecule has 0 saturated heterocycles. The van der Waals surface area contributed by atoms with Crippen molar-refractivity contribution < 1.29 is 9.90 Å². The van der Waals surface area contributed by atoms with E-state index < -0.39 is 5.97 Å².